The van der Waals surface area contributed by atoms with Crippen molar-refractivity contribution in [2.75, 3.05) is 40.9 Å². The van der Waals surface area contributed by atoms with Crippen molar-refractivity contribution in [2.45, 2.75) is 26.2 Å². The number of methoxy groups -OCH3 is 1. The quantitative estimate of drug-likeness (QED) is 0.563. The molecule has 0 spiro atoms. The number of likely N-dealkylation sites (tertiary alicyclic amines) is 1. The molecule has 0 saturated carbocycles. The highest BCUT2D eigenvalue weighted by Gasteiger charge is 2.22. The van der Waals surface area contributed by atoms with Gasteiger partial charge in [-0.1, -0.05) is 12.1 Å². The van der Waals surface area contributed by atoms with E-state index in [1.165, 1.54) is 12.8 Å². The van der Waals surface area contributed by atoms with E-state index < -0.39 is 0 Å². The Kier molecular flexibility index (Phi) is 5.94. The van der Waals surface area contributed by atoms with Gasteiger partial charge in [-0.15, -0.1) is 0 Å². The van der Waals surface area contributed by atoms with Crippen molar-refractivity contribution < 1.29 is 9.26 Å². The molecular formula is C15H25N5O2. The van der Waals surface area contributed by atoms with Crippen molar-refractivity contribution >= 4 is 12.0 Å². The predicted molar refractivity (Wildman–Crippen MR) is 85.5 cm³/mol. The van der Waals surface area contributed by atoms with Gasteiger partial charge in [0.1, 0.15) is 0 Å². The third-order valence-electron chi connectivity index (χ3n) is 3.45. The van der Waals surface area contributed by atoms with Crippen LogP contribution in [0.15, 0.2) is 15.2 Å². The molecule has 0 radical (unpaired) electrons. The summed E-state index contributed by atoms with van der Waals surface area (Å²) in [6, 6.07) is 0. The lowest BCUT2D eigenvalue weighted by Crippen LogP contribution is -2.23. The Hall–Kier alpha value is -1.89. The second-order valence-electron chi connectivity index (χ2n) is 5.50. The summed E-state index contributed by atoms with van der Waals surface area (Å²) in [5.74, 6) is 1.14. The van der Waals surface area contributed by atoms with Crippen molar-refractivity contribution in [3.05, 3.63) is 17.4 Å². The van der Waals surface area contributed by atoms with Crippen LogP contribution in [0.5, 0.6) is 0 Å². The first kappa shape index (κ1) is 16.5. The standard InChI is InChI=1S/C15H25N5O2/c1-5-13-17-15(22-18-13)14(16-11-19(2)3)12(10-21-4)20-8-6-7-9-20/h11H,5-10H2,1-4H3/b14-12-,16-11+. The van der Waals surface area contributed by atoms with Crippen molar-refractivity contribution in [1.29, 1.82) is 0 Å². The second kappa shape index (κ2) is 7.93. The van der Waals surface area contributed by atoms with Crippen molar-refractivity contribution in [3.8, 4) is 0 Å². The largest absolute Gasteiger partial charge is 0.378 e. The van der Waals surface area contributed by atoms with E-state index in [0.29, 0.717) is 24.0 Å². The van der Waals surface area contributed by atoms with Crippen LogP contribution in [0.1, 0.15) is 31.5 Å². The lowest BCUT2D eigenvalue weighted by atomic mass is 10.3. The molecule has 1 saturated heterocycles. The molecule has 1 aromatic rings. The normalized spacial score (nSPS) is 16.5. The summed E-state index contributed by atoms with van der Waals surface area (Å²) in [4.78, 5) is 13.2. The first-order valence-electron chi connectivity index (χ1n) is 7.66. The SMILES string of the molecule is CCc1noc(C(/N=C/N(C)C)=C(\COC)N2CCCC2)n1. The number of nitrogens with zero attached hydrogens (tertiary/aromatic N) is 5. The maximum Gasteiger partial charge on any atom is 0.278 e. The molecule has 0 bridgehead atoms. The van der Waals surface area contributed by atoms with Gasteiger partial charge in [0, 0.05) is 40.7 Å². The minimum atomic E-state index is 0.453. The Labute approximate surface area is 131 Å². The Bertz CT molecular complexity index is 530. The van der Waals surface area contributed by atoms with E-state index in [1.54, 1.807) is 13.4 Å². The van der Waals surface area contributed by atoms with Gasteiger partial charge in [-0.25, -0.2) is 4.99 Å². The molecule has 2 rings (SSSR count). The van der Waals surface area contributed by atoms with Crippen LogP contribution in [0.25, 0.3) is 5.70 Å². The van der Waals surface area contributed by atoms with Crippen LogP contribution in [-0.2, 0) is 11.2 Å². The molecule has 0 aromatic carbocycles. The van der Waals surface area contributed by atoms with E-state index in [9.17, 15) is 0 Å². The Morgan fingerprint density at radius 1 is 1.41 bits per heavy atom. The maximum absolute atomic E-state index is 5.40. The van der Waals surface area contributed by atoms with Crippen LogP contribution in [-0.4, -0.2) is 67.2 Å². The van der Waals surface area contributed by atoms with Crippen LogP contribution in [0.4, 0.5) is 0 Å². The van der Waals surface area contributed by atoms with E-state index in [-0.39, 0.29) is 0 Å². The summed E-state index contributed by atoms with van der Waals surface area (Å²) < 4.78 is 10.8. The minimum absolute atomic E-state index is 0.453. The number of hydrogen-bond acceptors (Lipinski definition) is 6. The molecule has 122 valence electrons. The van der Waals surface area contributed by atoms with Crippen LogP contribution in [0.3, 0.4) is 0 Å². The molecule has 1 aliphatic rings. The van der Waals surface area contributed by atoms with Gasteiger partial charge in [0.15, 0.2) is 11.5 Å². The zero-order valence-electron chi connectivity index (χ0n) is 13.9. The molecule has 0 atom stereocenters. The zero-order valence-corrected chi connectivity index (χ0v) is 13.9. The number of ether oxygens (including phenoxy) is 1. The van der Waals surface area contributed by atoms with Gasteiger partial charge >= 0.3 is 0 Å². The van der Waals surface area contributed by atoms with Gasteiger partial charge in [0.05, 0.1) is 18.6 Å². The Morgan fingerprint density at radius 3 is 2.68 bits per heavy atom. The summed E-state index contributed by atoms with van der Waals surface area (Å²) in [5.41, 5.74) is 1.70. The van der Waals surface area contributed by atoms with Crippen LogP contribution >= 0.6 is 0 Å². The van der Waals surface area contributed by atoms with E-state index in [4.69, 9.17) is 9.26 Å². The van der Waals surface area contributed by atoms with Crippen LogP contribution in [0.2, 0.25) is 0 Å². The third-order valence-corrected chi connectivity index (χ3v) is 3.45. The van der Waals surface area contributed by atoms with Gasteiger partial charge in [-0.2, -0.15) is 4.98 Å². The zero-order chi connectivity index (χ0) is 15.9. The summed E-state index contributed by atoms with van der Waals surface area (Å²) >= 11 is 0. The molecule has 7 nitrogen and oxygen atoms in total. The lowest BCUT2D eigenvalue weighted by Gasteiger charge is -2.22. The highest BCUT2D eigenvalue weighted by atomic mass is 16.5. The number of aliphatic imine (C=N–C) groups is 1. The smallest absolute Gasteiger partial charge is 0.278 e. The summed E-state index contributed by atoms with van der Waals surface area (Å²) in [6.07, 6.45) is 4.85. The average Bonchev–Trinajstić information content (AvgIpc) is 3.17. The summed E-state index contributed by atoms with van der Waals surface area (Å²) in [7, 11) is 5.55. The highest BCUT2D eigenvalue weighted by molar-refractivity contribution is 5.71. The summed E-state index contributed by atoms with van der Waals surface area (Å²) in [6.45, 7) is 4.49. The van der Waals surface area contributed by atoms with Crippen molar-refractivity contribution in [1.82, 2.24) is 19.9 Å². The fourth-order valence-electron chi connectivity index (χ4n) is 2.35. The molecule has 0 N–H and O–H groups in total. The Balaban J connectivity index is 2.44. The van der Waals surface area contributed by atoms with Gasteiger partial charge in [-0.3, -0.25) is 0 Å². The Morgan fingerprint density at radius 2 is 2.14 bits per heavy atom. The fourth-order valence-corrected chi connectivity index (χ4v) is 2.35. The van der Waals surface area contributed by atoms with Crippen molar-refractivity contribution in [3.63, 3.8) is 0 Å². The first-order valence-corrected chi connectivity index (χ1v) is 7.66. The molecule has 1 aromatic heterocycles. The first-order chi connectivity index (χ1) is 10.7. The van der Waals surface area contributed by atoms with Crippen LogP contribution < -0.4 is 0 Å². The number of aromatic nitrogens is 2. The number of aryl methyl sites for hydroxylation is 1. The second-order valence-corrected chi connectivity index (χ2v) is 5.50. The van der Waals surface area contributed by atoms with Gasteiger partial charge in [0.2, 0.25) is 0 Å². The molecule has 7 heteroatoms. The molecular weight excluding hydrogens is 282 g/mol. The number of hydrogen-bond donors (Lipinski definition) is 0. The van der Waals surface area contributed by atoms with E-state index in [2.05, 4.69) is 20.0 Å². The molecule has 0 unspecified atom stereocenters. The predicted octanol–water partition coefficient (Wildman–Crippen LogP) is 1.63. The number of rotatable bonds is 7. The topological polar surface area (TPSA) is 67.0 Å². The molecule has 1 aliphatic heterocycles. The average molecular weight is 307 g/mol. The van der Waals surface area contributed by atoms with E-state index in [1.807, 2.05) is 25.9 Å². The fraction of sp³-hybridized carbons (Fsp3) is 0.667. The minimum Gasteiger partial charge on any atom is -0.378 e. The molecule has 1 fully saturated rings. The monoisotopic (exact) mass is 307 g/mol. The highest BCUT2D eigenvalue weighted by Crippen LogP contribution is 2.25. The molecule has 0 aliphatic carbocycles. The van der Waals surface area contributed by atoms with E-state index >= 15 is 0 Å². The van der Waals surface area contributed by atoms with E-state index in [0.717, 1.165) is 25.2 Å². The molecule has 2 heterocycles. The van der Waals surface area contributed by atoms with Gasteiger partial charge < -0.3 is 19.1 Å². The molecule has 22 heavy (non-hydrogen) atoms. The van der Waals surface area contributed by atoms with Gasteiger partial charge in [-0.05, 0) is 12.8 Å². The maximum atomic E-state index is 5.40. The van der Waals surface area contributed by atoms with Crippen LogP contribution in [0, 0.1) is 0 Å². The molecule has 0 amide bonds. The van der Waals surface area contributed by atoms with Gasteiger partial charge in [0.25, 0.3) is 5.89 Å². The third kappa shape index (κ3) is 4.07. The van der Waals surface area contributed by atoms with Crippen molar-refractivity contribution in [2.24, 2.45) is 4.99 Å². The lowest BCUT2D eigenvalue weighted by molar-refractivity contribution is 0.197. The summed E-state index contributed by atoms with van der Waals surface area (Å²) in [5, 5.41) is 3.98.